The highest BCUT2D eigenvalue weighted by molar-refractivity contribution is 5.62. The maximum absolute atomic E-state index is 12.6. The van der Waals surface area contributed by atoms with Gasteiger partial charge in [0.15, 0.2) is 0 Å². The van der Waals surface area contributed by atoms with Crippen molar-refractivity contribution in [2.24, 2.45) is 56.7 Å². The summed E-state index contributed by atoms with van der Waals surface area (Å²) in [5, 5.41) is 21.3. The van der Waals surface area contributed by atoms with Crippen LogP contribution in [0.3, 0.4) is 0 Å². The van der Waals surface area contributed by atoms with E-state index in [2.05, 4.69) is 41.2 Å². The van der Waals surface area contributed by atoms with Gasteiger partial charge < -0.3 is 15.0 Å². The number of carbonyl (C=O) groups excluding carboxylic acids is 1. The van der Waals surface area contributed by atoms with Crippen LogP contribution in [0.5, 0.6) is 0 Å². The smallest absolute Gasteiger partial charge is 0.126 e. The van der Waals surface area contributed by atoms with Crippen molar-refractivity contribution in [3.63, 3.8) is 0 Å². The molecule has 0 aromatic heterocycles. The Morgan fingerprint density at radius 1 is 0.909 bits per heavy atom. The van der Waals surface area contributed by atoms with E-state index < -0.39 is 6.10 Å². The first-order valence-corrected chi connectivity index (χ1v) is 13.8. The molecule has 5 aliphatic rings. The molecule has 186 valence electrons. The summed E-state index contributed by atoms with van der Waals surface area (Å²) in [6.45, 7) is 16.5. The first kappa shape index (κ1) is 24.0. The van der Waals surface area contributed by atoms with E-state index in [9.17, 15) is 15.0 Å². The third-order valence-electron chi connectivity index (χ3n) is 13.5. The lowest BCUT2D eigenvalue weighted by atomic mass is 9.32. The zero-order valence-electron chi connectivity index (χ0n) is 21.8. The molecule has 5 saturated carbocycles. The molecule has 5 aliphatic carbocycles. The Bertz CT molecular complexity index is 836. The zero-order valence-corrected chi connectivity index (χ0v) is 21.8. The molecular formula is C30H48O3. The lowest BCUT2D eigenvalue weighted by molar-refractivity contribution is -0.252. The molecular weight excluding hydrogens is 408 g/mol. The molecule has 33 heavy (non-hydrogen) atoms. The third-order valence-corrected chi connectivity index (χ3v) is 13.5. The average Bonchev–Trinajstić information content (AvgIpc) is 3.17. The molecule has 11 atom stereocenters. The molecule has 0 spiro atoms. The summed E-state index contributed by atoms with van der Waals surface area (Å²) in [5.74, 6) is 2.56. The molecule has 3 heteroatoms. The predicted molar refractivity (Wildman–Crippen MR) is 132 cm³/mol. The Hall–Kier alpha value is -0.670. The Morgan fingerprint density at radius 2 is 1.64 bits per heavy atom. The van der Waals surface area contributed by atoms with Crippen LogP contribution in [0.15, 0.2) is 12.2 Å². The third kappa shape index (κ3) is 2.79. The van der Waals surface area contributed by atoms with Crippen LogP contribution < -0.4 is 0 Å². The highest BCUT2D eigenvalue weighted by Crippen LogP contribution is 2.77. The van der Waals surface area contributed by atoms with E-state index >= 15 is 0 Å². The van der Waals surface area contributed by atoms with Gasteiger partial charge in [0, 0.05) is 10.8 Å². The lowest BCUT2D eigenvalue weighted by Crippen LogP contribution is -2.67. The fourth-order valence-electron chi connectivity index (χ4n) is 11.4. The topological polar surface area (TPSA) is 57.5 Å². The van der Waals surface area contributed by atoms with E-state index in [1.165, 1.54) is 37.5 Å². The van der Waals surface area contributed by atoms with E-state index in [0.717, 1.165) is 38.5 Å². The summed E-state index contributed by atoms with van der Waals surface area (Å²) in [6, 6.07) is 0. The monoisotopic (exact) mass is 456 g/mol. The van der Waals surface area contributed by atoms with Gasteiger partial charge in [-0.1, -0.05) is 39.8 Å². The highest BCUT2D eigenvalue weighted by atomic mass is 16.3. The molecule has 5 rings (SSSR count). The number of aliphatic hydroxyl groups is 2. The van der Waals surface area contributed by atoms with Crippen LogP contribution in [0.2, 0.25) is 0 Å². The van der Waals surface area contributed by atoms with Gasteiger partial charge in [0.1, 0.15) is 6.29 Å². The largest absolute Gasteiger partial charge is 0.396 e. The number of fused-ring (bicyclic) bond motifs is 7. The van der Waals surface area contributed by atoms with Crippen LogP contribution >= 0.6 is 0 Å². The summed E-state index contributed by atoms with van der Waals surface area (Å²) >= 11 is 0. The SMILES string of the molecule is C=C(C)C1CC[C@]2(C=O)CC[C@]3(C)C(CCC4[C@@]5(C)CC[C@H](O)[C@@](C)(CO)C5CC[C@]43C)C12. The van der Waals surface area contributed by atoms with Crippen molar-refractivity contribution in [3.05, 3.63) is 12.2 Å². The van der Waals surface area contributed by atoms with Crippen molar-refractivity contribution in [1.82, 2.24) is 0 Å². The summed E-state index contributed by atoms with van der Waals surface area (Å²) in [6.07, 6.45) is 12.0. The van der Waals surface area contributed by atoms with E-state index in [0.29, 0.717) is 29.6 Å². The fourth-order valence-corrected chi connectivity index (χ4v) is 11.4. The van der Waals surface area contributed by atoms with Crippen LogP contribution in [0.1, 0.15) is 98.8 Å². The van der Waals surface area contributed by atoms with Gasteiger partial charge in [0.05, 0.1) is 12.7 Å². The van der Waals surface area contributed by atoms with Crippen LogP contribution in [-0.4, -0.2) is 29.2 Å². The molecule has 0 aromatic carbocycles. The van der Waals surface area contributed by atoms with Gasteiger partial charge in [-0.25, -0.2) is 0 Å². The minimum atomic E-state index is -0.394. The molecule has 0 heterocycles. The van der Waals surface area contributed by atoms with Gasteiger partial charge in [-0.3, -0.25) is 0 Å². The van der Waals surface area contributed by atoms with E-state index in [1.807, 2.05) is 0 Å². The van der Waals surface area contributed by atoms with Crippen molar-refractivity contribution < 1.29 is 15.0 Å². The predicted octanol–water partition coefficient (Wildman–Crippen LogP) is 6.18. The molecule has 0 aliphatic heterocycles. The zero-order chi connectivity index (χ0) is 24.0. The minimum absolute atomic E-state index is 0.0853. The molecule has 0 bridgehead atoms. The molecule has 5 fully saturated rings. The van der Waals surface area contributed by atoms with Gasteiger partial charge in [-0.2, -0.15) is 0 Å². The Morgan fingerprint density at radius 3 is 2.27 bits per heavy atom. The van der Waals surface area contributed by atoms with Crippen LogP contribution in [0.25, 0.3) is 0 Å². The lowest BCUT2D eigenvalue weighted by Gasteiger charge is -2.72. The second-order valence-electron chi connectivity index (χ2n) is 14.3. The van der Waals surface area contributed by atoms with Crippen LogP contribution in [0, 0.1) is 56.7 Å². The second kappa shape index (κ2) is 7.42. The van der Waals surface area contributed by atoms with Crippen LogP contribution in [0.4, 0.5) is 0 Å². The number of rotatable bonds is 3. The number of allylic oxidation sites excluding steroid dienone is 1. The number of hydrogen-bond donors (Lipinski definition) is 2. The average molecular weight is 457 g/mol. The van der Waals surface area contributed by atoms with Gasteiger partial charge in [0.2, 0.25) is 0 Å². The molecule has 0 radical (unpaired) electrons. The summed E-state index contributed by atoms with van der Waals surface area (Å²) in [4.78, 5) is 12.6. The molecule has 2 N–H and O–H groups in total. The van der Waals surface area contributed by atoms with E-state index in [4.69, 9.17) is 0 Å². The molecule has 3 nitrogen and oxygen atoms in total. The molecule has 0 saturated heterocycles. The van der Waals surface area contributed by atoms with E-state index in [1.54, 1.807) is 0 Å². The van der Waals surface area contributed by atoms with Gasteiger partial charge in [0.25, 0.3) is 0 Å². The summed E-state index contributed by atoms with van der Waals surface area (Å²) in [5.41, 5.74) is 1.43. The number of carbonyl (C=O) groups is 1. The number of hydrogen-bond acceptors (Lipinski definition) is 3. The van der Waals surface area contributed by atoms with Crippen molar-refractivity contribution in [3.8, 4) is 0 Å². The van der Waals surface area contributed by atoms with Crippen molar-refractivity contribution in [2.45, 2.75) is 105 Å². The fraction of sp³-hybridized carbons (Fsp3) is 0.900. The van der Waals surface area contributed by atoms with Crippen molar-refractivity contribution >= 4 is 6.29 Å². The Balaban J connectivity index is 1.55. The Labute approximate surface area is 201 Å². The van der Waals surface area contributed by atoms with Crippen LogP contribution in [-0.2, 0) is 4.79 Å². The number of aliphatic hydroxyl groups excluding tert-OH is 2. The van der Waals surface area contributed by atoms with Crippen molar-refractivity contribution in [2.75, 3.05) is 6.61 Å². The van der Waals surface area contributed by atoms with Gasteiger partial charge in [-0.15, -0.1) is 0 Å². The summed E-state index contributed by atoms with van der Waals surface area (Å²) < 4.78 is 0. The first-order valence-electron chi connectivity index (χ1n) is 13.8. The highest BCUT2D eigenvalue weighted by Gasteiger charge is 2.71. The molecule has 5 unspecified atom stereocenters. The molecule has 0 amide bonds. The van der Waals surface area contributed by atoms with Gasteiger partial charge >= 0.3 is 0 Å². The number of aldehydes is 1. The maximum Gasteiger partial charge on any atom is 0.126 e. The normalized spacial score (nSPS) is 57.9. The quantitative estimate of drug-likeness (QED) is 0.394. The molecule has 0 aromatic rings. The first-order chi connectivity index (χ1) is 15.4. The Kier molecular flexibility index (Phi) is 5.40. The van der Waals surface area contributed by atoms with Crippen molar-refractivity contribution in [1.29, 1.82) is 0 Å². The standard InChI is InChI=1S/C30H48O3/c1-19(2)20-9-14-30(18-32)16-15-28(5)21(25(20)30)7-8-23-26(3)12-11-24(33)27(4,17-31)22(26)10-13-29(23,28)6/h18,20-25,31,33H,1,7-17H2,2-6H3/t20?,21?,22?,23?,24-,25?,26-,27-,28+,29+,30+/m0/s1. The maximum atomic E-state index is 12.6. The second-order valence-corrected chi connectivity index (χ2v) is 14.3. The van der Waals surface area contributed by atoms with E-state index in [-0.39, 0.29) is 33.7 Å². The summed E-state index contributed by atoms with van der Waals surface area (Å²) in [7, 11) is 0. The van der Waals surface area contributed by atoms with Gasteiger partial charge in [-0.05, 0) is 117 Å². The minimum Gasteiger partial charge on any atom is -0.396 e.